The van der Waals surface area contributed by atoms with Gasteiger partial charge in [0.2, 0.25) is 5.91 Å². The van der Waals surface area contributed by atoms with Crippen molar-refractivity contribution in [1.82, 2.24) is 24.6 Å². The number of hydrogen-bond acceptors (Lipinski definition) is 6. The highest BCUT2D eigenvalue weighted by atomic mass is 32.2. The zero-order valence-electron chi connectivity index (χ0n) is 15.0. The minimum atomic E-state index is -0.154. The lowest BCUT2D eigenvalue weighted by Gasteiger charge is -2.35. The van der Waals surface area contributed by atoms with E-state index < -0.39 is 0 Å². The fraction of sp³-hybridized carbons (Fsp3) is 0.588. The van der Waals surface area contributed by atoms with Gasteiger partial charge >= 0.3 is 0 Å². The van der Waals surface area contributed by atoms with E-state index in [1.54, 1.807) is 11.3 Å². The first-order chi connectivity index (χ1) is 12.1. The highest BCUT2D eigenvalue weighted by Crippen LogP contribution is 2.29. The monoisotopic (exact) mass is 379 g/mol. The SMILES string of the molecule is CCN1CCN(C(=O)C(C)Sc2nnc(-c3cccs3)n2CC)CC1. The Bertz CT molecular complexity index is 692. The minimum absolute atomic E-state index is 0.154. The lowest BCUT2D eigenvalue weighted by molar-refractivity contribution is -0.132. The zero-order chi connectivity index (χ0) is 17.8. The number of rotatable bonds is 6. The predicted molar refractivity (Wildman–Crippen MR) is 103 cm³/mol. The number of piperazine rings is 1. The van der Waals surface area contributed by atoms with E-state index in [1.165, 1.54) is 11.8 Å². The first-order valence-corrected chi connectivity index (χ1v) is 10.5. The van der Waals surface area contributed by atoms with Crippen molar-refractivity contribution < 1.29 is 4.79 Å². The van der Waals surface area contributed by atoms with Gasteiger partial charge in [0.1, 0.15) is 0 Å². The Morgan fingerprint density at radius 1 is 1.24 bits per heavy atom. The average Bonchev–Trinajstić information content (AvgIpc) is 3.30. The third kappa shape index (κ3) is 4.07. The molecule has 8 heteroatoms. The molecule has 3 heterocycles. The third-order valence-corrected chi connectivity index (χ3v) is 6.47. The Labute approximate surface area is 157 Å². The van der Waals surface area contributed by atoms with E-state index in [9.17, 15) is 4.79 Å². The molecular formula is C17H25N5OS2. The largest absolute Gasteiger partial charge is 0.339 e. The molecule has 0 aliphatic carbocycles. The Hall–Kier alpha value is -1.38. The molecule has 1 aliphatic heterocycles. The Morgan fingerprint density at radius 2 is 2.00 bits per heavy atom. The maximum absolute atomic E-state index is 12.8. The molecule has 2 aromatic heterocycles. The number of hydrogen-bond donors (Lipinski definition) is 0. The standard InChI is InChI=1S/C17H25N5OS2/c1-4-20-8-10-21(11-9-20)16(23)13(3)25-17-19-18-15(22(17)5-2)14-7-6-12-24-14/h6-7,12-13H,4-5,8-11H2,1-3H3. The Morgan fingerprint density at radius 3 is 2.60 bits per heavy atom. The van der Waals surface area contributed by atoms with E-state index in [4.69, 9.17) is 0 Å². The maximum Gasteiger partial charge on any atom is 0.235 e. The van der Waals surface area contributed by atoms with Crippen molar-refractivity contribution in [3.05, 3.63) is 17.5 Å². The van der Waals surface area contributed by atoms with Crippen LogP contribution in [0.5, 0.6) is 0 Å². The van der Waals surface area contributed by atoms with Crippen LogP contribution in [-0.4, -0.2) is 68.4 Å². The summed E-state index contributed by atoms with van der Waals surface area (Å²) in [6.07, 6.45) is 0. The Balaban J connectivity index is 1.67. The summed E-state index contributed by atoms with van der Waals surface area (Å²) < 4.78 is 2.09. The highest BCUT2D eigenvalue weighted by molar-refractivity contribution is 8.00. The molecule has 0 radical (unpaired) electrons. The van der Waals surface area contributed by atoms with Crippen molar-refractivity contribution in [3.63, 3.8) is 0 Å². The molecule has 0 saturated carbocycles. The molecule has 6 nitrogen and oxygen atoms in total. The zero-order valence-corrected chi connectivity index (χ0v) is 16.6. The molecule has 0 bridgehead atoms. The van der Waals surface area contributed by atoms with Crippen LogP contribution < -0.4 is 0 Å². The summed E-state index contributed by atoms with van der Waals surface area (Å²) in [4.78, 5) is 18.2. The van der Waals surface area contributed by atoms with Gasteiger partial charge in [0.15, 0.2) is 11.0 Å². The lowest BCUT2D eigenvalue weighted by Crippen LogP contribution is -2.50. The van der Waals surface area contributed by atoms with Crippen molar-refractivity contribution in [2.45, 2.75) is 37.7 Å². The normalized spacial score (nSPS) is 17.0. The molecule has 2 aromatic rings. The van der Waals surface area contributed by atoms with Crippen LogP contribution in [0.4, 0.5) is 0 Å². The fourth-order valence-corrected chi connectivity index (χ4v) is 4.71. The second-order valence-corrected chi connectivity index (χ2v) is 8.30. The van der Waals surface area contributed by atoms with E-state index in [2.05, 4.69) is 39.6 Å². The van der Waals surface area contributed by atoms with Gasteiger partial charge < -0.3 is 14.4 Å². The molecule has 0 aromatic carbocycles. The summed E-state index contributed by atoms with van der Waals surface area (Å²) in [5, 5.41) is 11.4. The van der Waals surface area contributed by atoms with Gasteiger partial charge in [-0.2, -0.15) is 0 Å². The number of carbonyl (C=O) groups excluding carboxylic acids is 1. The molecule has 1 unspecified atom stereocenters. The fourth-order valence-electron chi connectivity index (χ4n) is 3.00. The molecule has 1 amide bonds. The first-order valence-electron chi connectivity index (χ1n) is 8.78. The van der Waals surface area contributed by atoms with Crippen LogP contribution in [0.3, 0.4) is 0 Å². The summed E-state index contributed by atoms with van der Waals surface area (Å²) in [7, 11) is 0. The number of amides is 1. The summed E-state index contributed by atoms with van der Waals surface area (Å²) in [6.45, 7) is 11.6. The molecular weight excluding hydrogens is 354 g/mol. The molecule has 25 heavy (non-hydrogen) atoms. The highest BCUT2D eigenvalue weighted by Gasteiger charge is 2.27. The topological polar surface area (TPSA) is 54.3 Å². The van der Waals surface area contributed by atoms with Gasteiger partial charge in [0, 0.05) is 32.7 Å². The van der Waals surface area contributed by atoms with E-state index in [0.29, 0.717) is 0 Å². The number of aromatic nitrogens is 3. The quantitative estimate of drug-likeness (QED) is 0.722. The van der Waals surface area contributed by atoms with Crippen LogP contribution in [0.15, 0.2) is 22.7 Å². The van der Waals surface area contributed by atoms with E-state index >= 15 is 0 Å². The molecule has 1 fully saturated rings. The smallest absolute Gasteiger partial charge is 0.235 e. The van der Waals surface area contributed by atoms with Crippen LogP contribution in [-0.2, 0) is 11.3 Å². The van der Waals surface area contributed by atoms with Crippen molar-refractivity contribution in [2.24, 2.45) is 0 Å². The van der Waals surface area contributed by atoms with Crippen LogP contribution in [0, 0.1) is 0 Å². The summed E-state index contributed by atoms with van der Waals surface area (Å²) in [6, 6.07) is 4.07. The molecule has 0 spiro atoms. The van der Waals surface area contributed by atoms with Gasteiger partial charge in [-0.3, -0.25) is 4.79 Å². The van der Waals surface area contributed by atoms with Crippen molar-refractivity contribution in [3.8, 4) is 10.7 Å². The van der Waals surface area contributed by atoms with Crippen LogP contribution >= 0.6 is 23.1 Å². The average molecular weight is 380 g/mol. The number of nitrogens with zero attached hydrogens (tertiary/aromatic N) is 5. The number of likely N-dealkylation sites (N-methyl/N-ethyl adjacent to an activating group) is 1. The molecule has 1 saturated heterocycles. The van der Waals surface area contributed by atoms with E-state index in [-0.39, 0.29) is 11.2 Å². The first kappa shape index (κ1) is 18.4. The van der Waals surface area contributed by atoms with E-state index in [0.717, 1.165) is 55.1 Å². The lowest BCUT2D eigenvalue weighted by atomic mass is 10.3. The summed E-state index contributed by atoms with van der Waals surface area (Å²) in [5.74, 6) is 1.08. The van der Waals surface area contributed by atoms with Gasteiger partial charge in [0.25, 0.3) is 0 Å². The van der Waals surface area contributed by atoms with Gasteiger partial charge in [-0.05, 0) is 31.8 Å². The minimum Gasteiger partial charge on any atom is -0.339 e. The molecule has 1 atom stereocenters. The van der Waals surface area contributed by atoms with Crippen LogP contribution in [0.25, 0.3) is 10.7 Å². The van der Waals surface area contributed by atoms with Gasteiger partial charge in [-0.1, -0.05) is 24.8 Å². The molecule has 136 valence electrons. The Kier molecular flexibility index (Phi) is 6.14. The summed E-state index contributed by atoms with van der Waals surface area (Å²) in [5.41, 5.74) is 0. The van der Waals surface area contributed by atoms with Crippen molar-refractivity contribution in [2.75, 3.05) is 32.7 Å². The predicted octanol–water partition coefficient (Wildman–Crippen LogP) is 2.67. The van der Waals surface area contributed by atoms with Crippen molar-refractivity contribution >= 4 is 29.0 Å². The van der Waals surface area contributed by atoms with Gasteiger partial charge in [-0.15, -0.1) is 21.5 Å². The number of thiophene rings is 1. The molecule has 1 aliphatic rings. The second-order valence-electron chi connectivity index (χ2n) is 6.05. The van der Waals surface area contributed by atoms with Crippen LogP contribution in [0.1, 0.15) is 20.8 Å². The molecule has 0 N–H and O–H groups in total. The van der Waals surface area contributed by atoms with Gasteiger partial charge in [0.05, 0.1) is 10.1 Å². The van der Waals surface area contributed by atoms with Crippen LogP contribution in [0.2, 0.25) is 0 Å². The van der Waals surface area contributed by atoms with Crippen molar-refractivity contribution in [1.29, 1.82) is 0 Å². The maximum atomic E-state index is 12.8. The number of thioether (sulfide) groups is 1. The third-order valence-electron chi connectivity index (χ3n) is 4.54. The second kappa shape index (κ2) is 8.33. The number of carbonyl (C=O) groups is 1. The molecule has 3 rings (SSSR count). The summed E-state index contributed by atoms with van der Waals surface area (Å²) >= 11 is 3.17. The van der Waals surface area contributed by atoms with Gasteiger partial charge in [-0.25, -0.2) is 0 Å². The van der Waals surface area contributed by atoms with E-state index in [1.807, 2.05) is 23.3 Å².